The molecule has 3 aromatic carbocycles. The minimum atomic E-state index is -0.0456. The monoisotopic (exact) mass is 328 g/mol. The largest absolute Gasteiger partial charge is 0.457 e. The third-order valence-corrected chi connectivity index (χ3v) is 3.95. The van der Waals surface area contributed by atoms with Gasteiger partial charge in [0.05, 0.1) is 17.8 Å². The second-order valence-electron chi connectivity index (χ2n) is 5.68. The van der Waals surface area contributed by atoms with Crippen molar-refractivity contribution in [2.45, 2.75) is 6.42 Å². The van der Waals surface area contributed by atoms with E-state index in [1.165, 1.54) is 5.01 Å². The van der Waals surface area contributed by atoms with E-state index in [1.54, 1.807) is 0 Å². The van der Waals surface area contributed by atoms with Gasteiger partial charge in [0.2, 0.25) is 0 Å². The van der Waals surface area contributed by atoms with Crippen LogP contribution in [-0.2, 0) is 4.79 Å². The van der Waals surface area contributed by atoms with Crippen LogP contribution in [0, 0.1) is 0 Å². The number of para-hydroxylation sites is 3. The predicted molar refractivity (Wildman–Crippen MR) is 98.0 cm³/mol. The lowest BCUT2D eigenvalue weighted by atomic mass is 10.1. The summed E-state index contributed by atoms with van der Waals surface area (Å²) in [6.07, 6.45) is 0.254. The first-order valence-electron chi connectivity index (χ1n) is 8.09. The highest BCUT2D eigenvalue weighted by atomic mass is 16.5. The summed E-state index contributed by atoms with van der Waals surface area (Å²) in [6.45, 7) is 0. The number of benzene rings is 3. The van der Waals surface area contributed by atoms with Gasteiger partial charge in [-0.1, -0.05) is 48.5 Å². The van der Waals surface area contributed by atoms with Gasteiger partial charge in [0.15, 0.2) is 0 Å². The van der Waals surface area contributed by atoms with Crippen molar-refractivity contribution in [2.75, 3.05) is 5.01 Å². The van der Waals surface area contributed by atoms with Crippen molar-refractivity contribution in [2.24, 2.45) is 5.10 Å². The van der Waals surface area contributed by atoms with Crippen molar-refractivity contribution in [1.29, 1.82) is 0 Å². The average molecular weight is 328 g/mol. The maximum atomic E-state index is 12.4. The average Bonchev–Trinajstić information content (AvgIpc) is 3.05. The van der Waals surface area contributed by atoms with Gasteiger partial charge >= 0.3 is 0 Å². The minimum absolute atomic E-state index is 0.0456. The van der Waals surface area contributed by atoms with E-state index in [-0.39, 0.29) is 12.3 Å². The zero-order valence-corrected chi connectivity index (χ0v) is 13.5. The van der Waals surface area contributed by atoms with Crippen LogP contribution in [0.1, 0.15) is 12.0 Å². The Hall–Kier alpha value is -3.40. The topological polar surface area (TPSA) is 41.9 Å². The molecular formula is C21H16N2O2. The molecule has 1 aliphatic heterocycles. The molecule has 4 nitrogen and oxygen atoms in total. The fourth-order valence-corrected chi connectivity index (χ4v) is 2.76. The Morgan fingerprint density at radius 3 is 2.20 bits per heavy atom. The molecule has 4 heteroatoms. The molecule has 1 heterocycles. The molecule has 0 unspecified atom stereocenters. The van der Waals surface area contributed by atoms with Crippen LogP contribution in [0.3, 0.4) is 0 Å². The summed E-state index contributed by atoms with van der Waals surface area (Å²) in [5.74, 6) is 1.39. The van der Waals surface area contributed by atoms with Crippen molar-refractivity contribution in [3.8, 4) is 11.5 Å². The third-order valence-electron chi connectivity index (χ3n) is 3.95. The number of nitrogens with zero attached hydrogens (tertiary/aromatic N) is 2. The Balaban J connectivity index is 1.67. The molecule has 0 atom stereocenters. The van der Waals surface area contributed by atoms with Gasteiger partial charge in [-0.15, -0.1) is 0 Å². The fourth-order valence-electron chi connectivity index (χ4n) is 2.76. The Bertz CT molecular complexity index is 921. The van der Waals surface area contributed by atoms with Crippen LogP contribution in [0.25, 0.3) is 0 Å². The number of hydrogen-bond donors (Lipinski definition) is 0. The molecule has 0 saturated heterocycles. The quantitative estimate of drug-likeness (QED) is 0.701. The van der Waals surface area contributed by atoms with Crippen molar-refractivity contribution in [1.82, 2.24) is 0 Å². The van der Waals surface area contributed by atoms with Crippen LogP contribution in [-0.4, -0.2) is 11.6 Å². The molecule has 0 spiro atoms. The lowest BCUT2D eigenvalue weighted by Crippen LogP contribution is -2.19. The molecule has 0 fully saturated rings. The van der Waals surface area contributed by atoms with E-state index in [0.29, 0.717) is 11.5 Å². The molecule has 0 saturated carbocycles. The maximum Gasteiger partial charge on any atom is 0.253 e. The molecule has 0 N–H and O–H groups in total. The van der Waals surface area contributed by atoms with Crippen molar-refractivity contribution in [3.05, 3.63) is 90.5 Å². The van der Waals surface area contributed by atoms with Gasteiger partial charge in [-0.25, -0.2) is 5.01 Å². The number of hydrazone groups is 1. The third kappa shape index (κ3) is 3.15. The molecule has 122 valence electrons. The van der Waals surface area contributed by atoms with Gasteiger partial charge in [-0.2, -0.15) is 5.10 Å². The van der Waals surface area contributed by atoms with Gasteiger partial charge in [-0.05, 0) is 36.4 Å². The first-order chi connectivity index (χ1) is 12.3. The Kier molecular flexibility index (Phi) is 4.01. The summed E-state index contributed by atoms with van der Waals surface area (Å²) in [5.41, 5.74) is 2.31. The Morgan fingerprint density at radius 2 is 1.44 bits per heavy atom. The van der Waals surface area contributed by atoms with Crippen LogP contribution in [0.5, 0.6) is 11.5 Å². The lowest BCUT2D eigenvalue weighted by Gasteiger charge is -2.11. The second-order valence-corrected chi connectivity index (χ2v) is 5.68. The summed E-state index contributed by atoms with van der Waals surface area (Å²) >= 11 is 0. The van der Waals surface area contributed by atoms with Crippen LogP contribution in [0.4, 0.5) is 5.69 Å². The summed E-state index contributed by atoms with van der Waals surface area (Å²) in [6, 6.07) is 26.7. The highest BCUT2D eigenvalue weighted by molar-refractivity contribution is 6.20. The van der Waals surface area contributed by atoms with Crippen molar-refractivity contribution in [3.63, 3.8) is 0 Å². The summed E-state index contributed by atoms with van der Waals surface area (Å²) < 4.78 is 5.99. The van der Waals surface area contributed by atoms with Gasteiger partial charge < -0.3 is 4.74 Å². The van der Waals surface area contributed by atoms with Crippen LogP contribution in [0.15, 0.2) is 90.0 Å². The van der Waals surface area contributed by atoms with Crippen LogP contribution < -0.4 is 9.75 Å². The van der Waals surface area contributed by atoms with E-state index < -0.39 is 0 Å². The van der Waals surface area contributed by atoms with Crippen LogP contribution in [0.2, 0.25) is 0 Å². The Morgan fingerprint density at radius 1 is 0.800 bits per heavy atom. The summed E-state index contributed by atoms with van der Waals surface area (Å²) in [5, 5.41) is 5.99. The summed E-state index contributed by atoms with van der Waals surface area (Å²) in [4.78, 5) is 12.4. The second kappa shape index (κ2) is 6.61. The van der Waals surface area contributed by atoms with Crippen molar-refractivity contribution >= 4 is 17.3 Å². The van der Waals surface area contributed by atoms with Gasteiger partial charge in [-0.3, -0.25) is 4.79 Å². The first-order valence-corrected chi connectivity index (χ1v) is 8.09. The minimum Gasteiger partial charge on any atom is -0.457 e. The first kappa shape index (κ1) is 15.1. The van der Waals surface area contributed by atoms with E-state index in [4.69, 9.17) is 4.74 Å². The fraction of sp³-hybridized carbons (Fsp3) is 0.0476. The maximum absolute atomic E-state index is 12.4. The molecule has 3 aromatic rings. The number of amides is 1. The highest BCUT2D eigenvalue weighted by Gasteiger charge is 2.27. The van der Waals surface area contributed by atoms with E-state index in [2.05, 4.69) is 5.10 Å². The Labute approximate surface area is 146 Å². The smallest absolute Gasteiger partial charge is 0.253 e. The lowest BCUT2D eigenvalue weighted by molar-refractivity contribution is -0.116. The van der Waals surface area contributed by atoms with Crippen LogP contribution >= 0.6 is 0 Å². The van der Waals surface area contributed by atoms with E-state index in [9.17, 15) is 4.79 Å². The molecule has 0 bridgehead atoms. The number of hydrogen-bond acceptors (Lipinski definition) is 3. The molecule has 0 aromatic heterocycles. The summed E-state index contributed by atoms with van der Waals surface area (Å²) in [7, 11) is 0. The normalized spacial score (nSPS) is 13.7. The van der Waals surface area contributed by atoms with Crippen molar-refractivity contribution < 1.29 is 9.53 Å². The van der Waals surface area contributed by atoms with E-state index in [1.807, 2.05) is 84.9 Å². The molecule has 4 rings (SSSR count). The molecule has 25 heavy (non-hydrogen) atoms. The molecule has 0 radical (unpaired) electrons. The zero-order valence-electron chi connectivity index (χ0n) is 13.5. The zero-order chi connectivity index (χ0) is 17.1. The number of ether oxygens (including phenoxy) is 1. The van der Waals surface area contributed by atoms with Gasteiger partial charge in [0.25, 0.3) is 5.91 Å². The number of anilines is 1. The van der Waals surface area contributed by atoms with E-state index in [0.717, 1.165) is 17.0 Å². The van der Waals surface area contributed by atoms with E-state index >= 15 is 0 Å². The molecule has 1 aliphatic rings. The number of rotatable bonds is 4. The SMILES string of the molecule is O=C1CC(c2ccccc2Oc2ccccc2)=NN1c1ccccc1. The standard InChI is InChI=1S/C21H16N2O2/c24-21-15-19(22-23(21)16-9-3-1-4-10-16)18-13-7-8-14-20(18)25-17-11-5-2-6-12-17/h1-14H,15H2. The molecule has 1 amide bonds. The van der Waals surface area contributed by atoms with Gasteiger partial charge in [0.1, 0.15) is 11.5 Å². The predicted octanol–water partition coefficient (Wildman–Crippen LogP) is 4.62. The number of carbonyl (C=O) groups is 1. The van der Waals surface area contributed by atoms with Gasteiger partial charge in [0, 0.05) is 5.56 Å². The molecular weight excluding hydrogens is 312 g/mol. The number of carbonyl (C=O) groups excluding carboxylic acids is 1. The molecule has 0 aliphatic carbocycles. The highest BCUT2D eigenvalue weighted by Crippen LogP contribution is 2.29.